The normalized spacial score (nSPS) is 10.8. The van der Waals surface area contributed by atoms with Crippen LogP contribution in [0.15, 0.2) is 42.6 Å². The molecule has 3 rings (SSSR count). The third-order valence-corrected chi connectivity index (χ3v) is 4.07. The van der Waals surface area contributed by atoms with Crippen LogP contribution in [0.1, 0.15) is 15.9 Å². The highest BCUT2D eigenvalue weighted by molar-refractivity contribution is 5.97. The lowest BCUT2D eigenvalue weighted by atomic mass is 10.1. The predicted octanol–water partition coefficient (Wildman–Crippen LogP) is 3.42. The van der Waals surface area contributed by atoms with E-state index < -0.39 is 29.1 Å². The molecule has 0 aliphatic rings. The fourth-order valence-electron chi connectivity index (χ4n) is 2.84. The Hall–Kier alpha value is -3.22. The molecular formula is C19H16F2N2O3. The van der Waals surface area contributed by atoms with E-state index in [4.69, 9.17) is 0 Å². The number of aryl methyl sites for hydroxylation is 1. The quantitative estimate of drug-likeness (QED) is 0.727. The molecule has 0 radical (unpaired) electrons. The molecule has 0 unspecified atom stereocenters. The van der Waals surface area contributed by atoms with Gasteiger partial charge >= 0.3 is 5.97 Å². The summed E-state index contributed by atoms with van der Waals surface area (Å²) in [5.41, 5.74) is 1.01. The van der Waals surface area contributed by atoms with Gasteiger partial charge in [0, 0.05) is 30.2 Å². The number of amides is 1. The number of benzene rings is 2. The number of carbonyl (C=O) groups is 2. The molecule has 5 nitrogen and oxygen atoms in total. The van der Waals surface area contributed by atoms with Gasteiger partial charge in [-0.15, -0.1) is 0 Å². The Morgan fingerprint density at radius 2 is 1.88 bits per heavy atom. The maximum absolute atomic E-state index is 13.9. The molecule has 0 saturated carbocycles. The Morgan fingerprint density at radius 1 is 1.15 bits per heavy atom. The summed E-state index contributed by atoms with van der Waals surface area (Å²) in [6.07, 6.45) is 1.83. The topological polar surface area (TPSA) is 60.3 Å². The zero-order valence-corrected chi connectivity index (χ0v) is 14.2. The number of anilines is 1. The summed E-state index contributed by atoms with van der Waals surface area (Å²) in [4.78, 5) is 23.8. The molecule has 0 bridgehead atoms. The number of hydrogen-bond acceptors (Lipinski definition) is 3. The molecule has 0 saturated heterocycles. The molecular weight excluding hydrogens is 342 g/mol. The van der Waals surface area contributed by atoms with E-state index in [0.29, 0.717) is 6.07 Å². The Labute approximate surface area is 148 Å². The smallest absolute Gasteiger partial charge is 0.340 e. The minimum atomic E-state index is -1.05. The third-order valence-electron chi connectivity index (χ3n) is 4.07. The highest BCUT2D eigenvalue weighted by Gasteiger charge is 2.18. The van der Waals surface area contributed by atoms with E-state index in [-0.39, 0.29) is 12.1 Å². The number of nitrogens with one attached hydrogen (secondary N) is 1. The maximum atomic E-state index is 13.9. The number of aromatic nitrogens is 1. The van der Waals surface area contributed by atoms with Crippen LogP contribution in [0, 0.1) is 11.6 Å². The van der Waals surface area contributed by atoms with E-state index in [1.165, 1.54) is 0 Å². The van der Waals surface area contributed by atoms with Crippen molar-refractivity contribution in [2.24, 2.45) is 7.05 Å². The van der Waals surface area contributed by atoms with Gasteiger partial charge in [-0.1, -0.05) is 18.2 Å². The second kappa shape index (κ2) is 6.95. The van der Waals surface area contributed by atoms with Gasteiger partial charge in [-0.3, -0.25) is 4.79 Å². The van der Waals surface area contributed by atoms with Gasteiger partial charge < -0.3 is 14.6 Å². The van der Waals surface area contributed by atoms with Gasteiger partial charge in [0.15, 0.2) is 0 Å². The first-order chi connectivity index (χ1) is 12.4. The minimum Gasteiger partial charge on any atom is -0.465 e. The van der Waals surface area contributed by atoms with Crippen LogP contribution in [-0.4, -0.2) is 23.6 Å². The second-order valence-electron chi connectivity index (χ2n) is 5.81. The molecule has 134 valence electrons. The molecule has 1 N–H and O–H groups in total. The number of methoxy groups -OCH3 is 1. The molecule has 1 heterocycles. The number of hydrogen-bond donors (Lipinski definition) is 1. The number of rotatable bonds is 4. The van der Waals surface area contributed by atoms with Crippen molar-refractivity contribution in [1.82, 2.24) is 4.57 Å². The minimum absolute atomic E-state index is 0.00568. The average Bonchev–Trinajstić information content (AvgIpc) is 2.93. The highest BCUT2D eigenvalue weighted by atomic mass is 19.1. The number of fused-ring (bicyclic) bond motifs is 1. The van der Waals surface area contributed by atoms with E-state index in [0.717, 1.165) is 29.6 Å². The van der Waals surface area contributed by atoms with Crippen molar-refractivity contribution >= 4 is 28.5 Å². The largest absolute Gasteiger partial charge is 0.465 e. The zero-order chi connectivity index (χ0) is 18.8. The van der Waals surface area contributed by atoms with Gasteiger partial charge in [0.05, 0.1) is 24.8 Å². The van der Waals surface area contributed by atoms with Crippen LogP contribution >= 0.6 is 0 Å². The van der Waals surface area contributed by atoms with Gasteiger partial charge in [-0.25, -0.2) is 13.6 Å². The van der Waals surface area contributed by atoms with Crippen molar-refractivity contribution in [2.75, 3.05) is 12.4 Å². The van der Waals surface area contributed by atoms with Crippen molar-refractivity contribution in [3.8, 4) is 0 Å². The van der Waals surface area contributed by atoms with Crippen LogP contribution in [0.2, 0.25) is 0 Å². The number of halogens is 2. The summed E-state index contributed by atoms with van der Waals surface area (Å²) < 4.78 is 34.0. The fourth-order valence-corrected chi connectivity index (χ4v) is 2.84. The maximum Gasteiger partial charge on any atom is 0.340 e. The van der Waals surface area contributed by atoms with E-state index in [9.17, 15) is 18.4 Å². The van der Waals surface area contributed by atoms with E-state index in [1.807, 2.05) is 42.1 Å². The molecule has 7 heteroatoms. The molecule has 1 amide bonds. The van der Waals surface area contributed by atoms with E-state index in [1.54, 1.807) is 0 Å². The van der Waals surface area contributed by atoms with Crippen molar-refractivity contribution in [3.63, 3.8) is 0 Å². The zero-order valence-electron chi connectivity index (χ0n) is 14.2. The molecule has 2 aromatic carbocycles. The molecule has 1 aromatic heterocycles. The van der Waals surface area contributed by atoms with Crippen molar-refractivity contribution in [1.29, 1.82) is 0 Å². The van der Waals surface area contributed by atoms with Crippen LogP contribution < -0.4 is 5.32 Å². The first kappa shape index (κ1) is 17.6. The lowest BCUT2D eigenvalue weighted by Gasteiger charge is -2.09. The number of ether oxygens (including phenoxy) is 1. The van der Waals surface area contributed by atoms with Crippen LogP contribution in [0.25, 0.3) is 10.9 Å². The summed E-state index contributed by atoms with van der Waals surface area (Å²) in [5.74, 6) is -3.46. The SMILES string of the molecule is COC(=O)c1cc(NC(=O)Cc2cn(C)c3ccccc23)c(F)cc1F. The van der Waals surface area contributed by atoms with Gasteiger partial charge in [-0.2, -0.15) is 0 Å². The lowest BCUT2D eigenvalue weighted by Crippen LogP contribution is -2.16. The Kier molecular flexibility index (Phi) is 4.71. The Bertz CT molecular complexity index is 1010. The number of para-hydroxylation sites is 1. The first-order valence-corrected chi connectivity index (χ1v) is 7.81. The number of carbonyl (C=O) groups excluding carboxylic acids is 2. The molecule has 26 heavy (non-hydrogen) atoms. The van der Waals surface area contributed by atoms with Crippen LogP contribution in [-0.2, 0) is 23.0 Å². The Balaban J connectivity index is 1.85. The number of esters is 1. The van der Waals surface area contributed by atoms with Crippen LogP contribution in [0.4, 0.5) is 14.5 Å². The molecule has 0 aliphatic carbocycles. The monoisotopic (exact) mass is 358 g/mol. The summed E-state index contributed by atoms with van der Waals surface area (Å²) >= 11 is 0. The molecule has 0 aliphatic heterocycles. The first-order valence-electron chi connectivity index (χ1n) is 7.81. The fraction of sp³-hybridized carbons (Fsp3) is 0.158. The standard InChI is InChI=1S/C19H16F2N2O3/c1-23-10-11(12-5-3-4-6-17(12)23)7-18(24)22-16-8-13(19(25)26-2)14(20)9-15(16)21/h3-6,8-10H,7H2,1-2H3,(H,22,24). The van der Waals surface area contributed by atoms with Crippen molar-refractivity contribution in [3.05, 3.63) is 65.4 Å². The molecule has 0 atom stereocenters. The molecule has 0 fully saturated rings. The van der Waals surface area contributed by atoms with Crippen molar-refractivity contribution < 1.29 is 23.1 Å². The predicted molar refractivity (Wildman–Crippen MR) is 93.0 cm³/mol. The van der Waals surface area contributed by atoms with Gasteiger partial charge in [0.25, 0.3) is 0 Å². The van der Waals surface area contributed by atoms with Crippen LogP contribution in [0.3, 0.4) is 0 Å². The number of nitrogens with zero attached hydrogens (tertiary/aromatic N) is 1. The van der Waals surface area contributed by atoms with E-state index in [2.05, 4.69) is 10.1 Å². The average molecular weight is 358 g/mol. The van der Waals surface area contributed by atoms with E-state index >= 15 is 0 Å². The van der Waals surface area contributed by atoms with Crippen molar-refractivity contribution in [2.45, 2.75) is 6.42 Å². The highest BCUT2D eigenvalue weighted by Crippen LogP contribution is 2.23. The summed E-state index contributed by atoms with van der Waals surface area (Å²) in [5, 5.41) is 3.30. The Morgan fingerprint density at radius 3 is 2.62 bits per heavy atom. The van der Waals surface area contributed by atoms with Gasteiger partial charge in [0.2, 0.25) is 5.91 Å². The third kappa shape index (κ3) is 3.28. The van der Waals surface area contributed by atoms with Gasteiger partial charge in [0.1, 0.15) is 11.6 Å². The summed E-state index contributed by atoms with van der Waals surface area (Å²) in [6, 6.07) is 9.06. The molecule has 3 aromatic rings. The summed E-state index contributed by atoms with van der Waals surface area (Å²) in [7, 11) is 2.95. The molecule has 0 spiro atoms. The summed E-state index contributed by atoms with van der Waals surface area (Å²) in [6.45, 7) is 0. The van der Waals surface area contributed by atoms with Crippen LogP contribution in [0.5, 0.6) is 0 Å². The second-order valence-corrected chi connectivity index (χ2v) is 5.81. The van der Waals surface area contributed by atoms with Gasteiger partial charge in [-0.05, 0) is 17.7 Å². The lowest BCUT2D eigenvalue weighted by molar-refractivity contribution is -0.115.